The fourth-order valence-electron chi connectivity index (χ4n) is 1.62. The average molecular weight is 447 g/mol. The Balaban J connectivity index is 0.000000260. The lowest BCUT2D eigenvalue weighted by Gasteiger charge is -2.10. The van der Waals surface area contributed by atoms with Gasteiger partial charge >= 0.3 is 12.7 Å². The van der Waals surface area contributed by atoms with Crippen LogP contribution in [0.5, 0.6) is 11.5 Å². The molecule has 2 aromatic carbocycles. The summed E-state index contributed by atoms with van der Waals surface area (Å²) in [5.74, 6) is -0.756. The molecular weight excluding hydrogens is 434 g/mol. The van der Waals surface area contributed by atoms with Crippen LogP contribution in [-0.2, 0) is 0 Å². The van der Waals surface area contributed by atoms with E-state index in [9.17, 15) is 26.3 Å². The van der Waals surface area contributed by atoms with Crippen molar-refractivity contribution in [3.8, 4) is 11.5 Å². The van der Waals surface area contributed by atoms with Gasteiger partial charge in [0, 0.05) is 4.47 Å². The molecule has 0 atom stereocenters. The minimum atomic E-state index is -4.71. The van der Waals surface area contributed by atoms with E-state index in [-0.39, 0.29) is 17.1 Å². The van der Waals surface area contributed by atoms with Crippen molar-refractivity contribution in [3.63, 3.8) is 0 Å². The van der Waals surface area contributed by atoms with Gasteiger partial charge in [-0.2, -0.15) is 0 Å². The van der Waals surface area contributed by atoms with Crippen molar-refractivity contribution in [2.24, 2.45) is 0 Å². The van der Waals surface area contributed by atoms with Crippen LogP contribution in [0.25, 0.3) is 0 Å². The molecule has 0 amide bonds. The number of ether oxygens (including phenoxy) is 2. The smallest absolute Gasteiger partial charge is 0.404 e. The van der Waals surface area contributed by atoms with Crippen molar-refractivity contribution in [1.29, 1.82) is 0 Å². The van der Waals surface area contributed by atoms with Gasteiger partial charge in [-0.05, 0) is 42.8 Å². The van der Waals surface area contributed by atoms with Crippen LogP contribution in [0.1, 0.15) is 5.56 Å². The van der Waals surface area contributed by atoms with Crippen molar-refractivity contribution in [2.75, 3.05) is 11.5 Å². The predicted molar refractivity (Wildman–Crippen MR) is 87.5 cm³/mol. The summed E-state index contributed by atoms with van der Waals surface area (Å²) in [5, 5.41) is 0. The van der Waals surface area contributed by atoms with E-state index >= 15 is 0 Å². The van der Waals surface area contributed by atoms with Crippen LogP contribution in [0.2, 0.25) is 0 Å². The van der Waals surface area contributed by atoms with Gasteiger partial charge in [-0.3, -0.25) is 0 Å². The molecule has 0 fully saturated rings. The zero-order valence-corrected chi connectivity index (χ0v) is 14.7. The van der Waals surface area contributed by atoms with Crippen LogP contribution in [0.15, 0.2) is 40.9 Å². The number of hydrogen-bond acceptors (Lipinski definition) is 4. The maximum absolute atomic E-state index is 11.7. The Labute approximate surface area is 152 Å². The highest BCUT2D eigenvalue weighted by Gasteiger charge is 2.32. The monoisotopic (exact) mass is 446 g/mol. The number of nitrogen functional groups attached to an aromatic ring is 2. The third-order valence-electron chi connectivity index (χ3n) is 2.59. The molecule has 2 rings (SSSR count). The summed E-state index contributed by atoms with van der Waals surface area (Å²) in [6, 6.07) is 8.00. The van der Waals surface area contributed by atoms with Gasteiger partial charge in [0.1, 0.15) is 0 Å². The van der Waals surface area contributed by atoms with Gasteiger partial charge in [-0.15, -0.1) is 26.3 Å². The Bertz CT molecular complexity index is 686. The van der Waals surface area contributed by atoms with Crippen molar-refractivity contribution in [3.05, 3.63) is 46.4 Å². The minimum Gasteiger partial charge on any atom is -0.404 e. The summed E-state index contributed by atoms with van der Waals surface area (Å²) in [4.78, 5) is 0. The lowest BCUT2D eigenvalue weighted by molar-refractivity contribution is -0.275. The molecule has 0 spiro atoms. The first-order chi connectivity index (χ1) is 11.8. The zero-order valence-electron chi connectivity index (χ0n) is 13.1. The Morgan fingerprint density at radius 2 is 1.19 bits per heavy atom. The van der Waals surface area contributed by atoms with E-state index in [0.29, 0.717) is 4.47 Å². The molecule has 0 saturated carbocycles. The normalized spacial score (nSPS) is 11.4. The molecule has 0 saturated heterocycles. The number of alkyl halides is 6. The summed E-state index contributed by atoms with van der Waals surface area (Å²) in [6.45, 7) is 1.73. The minimum absolute atomic E-state index is 0.0164. The number of halogens is 7. The van der Waals surface area contributed by atoms with Crippen LogP contribution in [-0.4, -0.2) is 12.7 Å². The predicted octanol–water partition coefficient (Wildman–Crippen LogP) is 5.41. The third kappa shape index (κ3) is 8.19. The van der Waals surface area contributed by atoms with Crippen LogP contribution in [0.3, 0.4) is 0 Å². The average Bonchev–Trinajstić information content (AvgIpc) is 2.43. The molecule has 0 aromatic heterocycles. The van der Waals surface area contributed by atoms with Crippen LogP contribution in [0.4, 0.5) is 37.7 Å². The first-order valence-electron chi connectivity index (χ1n) is 6.69. The summed E-state index contributed by atoms with van der Waals surface area (Å²) in [5.41, 5.74) is 11.3. The van der Waals surface area contributed by atoms with E-state index in [1.807, 2.05) is 0 Å². The molecule has 11 heteroatoms. The summed E-state index contributed by atoms with van der Waals surface area (Å²) >= 11 is 3.06. The number of nitrogens with two attached hydrogens (primary N) is 2. The molecule has 4 N–H and O–H groups in total. The Kier molecular flexibility index (Phi) is 7.01. The van der Waals surface area contributed by atoms with E-state index in [0.717, 1.165) is 11.6 Å². The highest BCUT2D eigenvalue weighted by Crippen LogP contribution is 2.30. The molecule has 0 aliphatic carbocycles. The van der Waals surface area contributed by atoms with Crippen molar-refractivity contribution in [1.82, 2.24) is 0 Å². The second-order valence-electron chi connectivity index (χ2n) is 4.82. The van der Waals surface area contributed by atoms with Gasteiger partial charge in [0.25, 0.3) is 0 Å². The first kappa shape index (κ1) is 21.7. The van der Waals surface area contributed by atoms with Crippen LogP contribution in [0, 0.1) is 6.92 Å². The number of benzene rings is 2. The fraction of sp³-hybridized carbons (Fsp3) is 0.200. The number of rotatable bonds is 2. The molecule has 0 heterocycles. The SMILES string of the molecule is Cc1ccc(OC(F)(F)F)c(N)c1.Nc1cc(Br)ccc1OC(F)(F)F. The molecule has 26 heavy (non-hydrogen) atoms. The van der Waals surface area contributed by atoms with Gasteiger partial charge in [-0.1, -0.05) is 22.0 Å². The molecule has 0 aliphatic rings. The van der Waals surface area contributed by atoms with Crippen molar-refractivity contribution >= 4 is 27.3 Å². The molecule has 144 valence electrons. The Hall–Kier alpha value is -2.30. The third-order valence-corrected chi connectivity index (χ3v) is 3.08. The molecule has 0 unspecified atom stereocenters. The molecule has 0 bridgehead atoms. The maximum atomic E-state index is 11.7. The highest BCUT2D eigenvalue weighted by molar-refractivity contribution is 9.10. The topological polar surface area (TPSA) is 70.5 Å². The molecule has 4 nitrogen and oxygen atoms in total. The molecular formula is C15H13BrF6N2O2. The first-order valence-corrected chi connectivity index (χ1v) is 7.49. The van der Waals surface area contributed by atoms with Crippen molar-refractivity contribution < 1.29 is 35.8 Å². The number of aryl methyl sites for hydroxylation is 1. The van der Waals surface area contributed by atoms with E-state index in [2.05, 4.69) is 25.4 Å². The Morgan fingerprint density at radius 3 is 1.58 bits per heavy atom. The Morgan fingerprint density at radius 1 is 0.769 bits per heavy atom. The lowest BCUT2D eigenvalue weighted by atomic mass is 10.2. The van der Waals surface area contributed by atoms with Crippen LogP contribution < -0.4 is 20.9 Å². The fourth-order valence-corrected chi connectivity index (χ4v) is 2.00. The van der Waals surface area contributed by atoms with Gasteiger partial charge in [0.05, 0.1) is 11.4 Å². The van der Waals surface area contributed by atoms with Crippen molar-refractivity contribution in [2.45, 2.75) is 19.6 Å². The summed E-state index contributed by atoms with van der Waals surface area (Å²) in [7, 11) is 0. The quantitative estimate of drug-likeness (QED) is 0.478. The molecule has 2 aromatic rings. The molecule has 0 radical (unpaired) electrons. The van der Waals surface area contributed by atoms with E-state index < -0.39 is 18.5 Å². The number of hydrogen-bond donors (Lipinski definition) is 2. The van der Waals surface area contributed by atoms with E-state index in [1.165, 1.54) is 30.3 Å². The van der Waals surface area contributed by atoms with Crippen LogP contribution >= 0.6 is 15.9 Å². The lowest BCUT2D eigenvalue weighted by Crippen LogP contribution is -2.18. The van der Waals surface area contributed by atoms with E-state index in [4.69, 9.17) is 11.5 Å². The van der Waals surface area contributed by atoms with Gasteiger partial charge in [-0.25, -0.2) is 0 Å². The largest absolute Gasteiger partial charge is 0.573 e. The number of anilines is 2. The van der Waals surface area contributed by atoms with Gasteiger partial charge in [0.2, 0.25) is 0 Å². The zero-order chi connectivity index (χ0) is 20.1. The highest BCUT2D eigenvalue weighted by atomic mass is 79.9. The standard InChI is InChI=1S/C8H8F3NO.C7H5BrF3NO/c1-5-2-3-7(6(12)4-5)13-8(9,10)11;8-4-1-2-6(5(12)3-4)13-7(9,10)11/h2-4H,12H2,1H3;1-3H,12H2. The summed E-state index contributed by atoms with van der Waals surface area (Å²) in [6.07, 6.45) is -9.40. The summed E-state index contributed by atoms with van der Waals surface area (Å²) < 4.78 is 78.3. The van der Waals surface area contributed by atoms with E-state index in [1.54, 1.807) is 6.92 Å². The second kappa shape index (κ2) is 8.39. The maximum Gasteiger partial charge on any atom is 0.573 e. The molecule has 0 aliphatic heterocycles. The van der Waals surface area contributed by atoms with Gasteiger partial charge < -0.3 is 20.9 Å². The van der Waals surface area contributed by atoms with Gasteiger partial charge in [0.15, 0.2) is 11.5 Å². The second-order valence-corrected chi connectivity index (χ2v) is 5.73.